The van der Waals surface area contributed by atoms with Crippen LogP contribution in [0.1, 0.15) is 160 Å². The molecule has 0 aliphatic heterocycles. The molecule has 0 aromatic rings. The molecule has 0 heterocycles. The highest BCUT2D eigenvalue weighted by atomic mass is 35.5. The second-order valence-electron chi connectivity index (χ2n) is 18.5. The predicted octanol–water partition coefficient (Wildman–Crippen LogP) is 8.65. The molecule has 0 amide bonds. The van der Waals surface area contributed by atoms with Gasteiger partial charge in [-0.3, -0.25) is 0 Å². The van der Waals surface area contributed by atoms with Crippen LogP contribution < -0.4 is 12.4 Å². The second kappa shape index (κ2) is 15.2. The lowest BCUT2D eigenvalue weighted by molar-refractivity contribution is -1.03. The van der Waals surface area contributed by atoms with E-state index in [0.29, 0.717) is 0 Å². The van der Waals surface area contributed by atoms with Crippen LogP contribution in [0.25, 0.3) is 0 Å². The Kier molecular flexibility index (Phi) is 13.3. The summed E-state index contributed by atoms with van der Waals surface area (Å²) >= 11 is 0. The van der Waals surface area contributed by atoms with Gasteiger partial charge in [-0.1, -0.05) is 83.1 Å². The average Bonchev–Trinajstić information content (AvgIpc) is 2.89. The van der Waals surface area contributed by atoms with E-state index in [9.17, 15) is 0 Å². The van der Waals surface area contributed by atoms with Gasteiger partial charge >= 0.3 is 0 Å². The van der Waals surface area contributed by atoms with E-state index in [0.717, 1.165) is 95.2 Å². The van der Waals surface area contributed by atoms with Crippen LogP contribution in [0.15, 0.2) is 0 Å². The third-order valence-corrected chi connectivity index (χ3v) is 14.2. The third-order valence-electron chi connectivity index (χ3n) is 14.2. The standard InChI is InChI=1S/C40H76N.ClH/c1-25(2)33-17-13-29(9)21-37(33)41(38-22-30(10)14-18-34(38)26(3)4,39-23-31(11)15-19-35(39)27(5)6)40-24-32(12)16-20-36(40)28(7)8;/h25-40H,13-24H2,1-12H3;1H/q+1;/p-1. The number of hydrogen-bond donors (Lipinski definition) is 0. The maximum atomic E-state index is 2.65. The van der Waals surface area contributed by atoms with Crippen LogP contribution in [0, 0.1) is 71.0 Å². The summed E-state index contributed by atoms with van der Waals surface area (Å²) in [6.45, 7) is 31.6. The van der Waals surface area contributed by atoms with Crippen molar-refractivity contribution in [3.05, 3.63) is 0 Å². The monoisotopic (exact) mass is 606 g/mol. The van der Waals surface area contributed by atoms with Crippen molar-refractivity contribution < 1.29 is 16.9 Å². The van der Waals surface area contributed by atoms with Gasteiger partial charge in [0.2, 0.25) is 0 Å². The molecule has 0 N–H and O–H groups in total. The van der Waals surface area contributed by atoms with Crippen molar-refractivity contribution in [2.24, 2.45) is 71.0 Å². The van der Waals surface area contributed by atoms with E-state index in [4.69, 9.17) is 0 Å². The highest BCUT2D eigenvalue weighted by Gasteiger charge is 2.64. The summed E-state index contributed by atoms with van der Waals surface area (Å²) in [5, 5.41) is 0. The molecule has 0 bridgehead atoms. The quantitative estimate of drug-likeness (QED) is 0.243. The fourth-order valence-corrected chi connectivity index (χ4v) is 12.1. The Morgan fingerprint density at radius 2 is 0.548 bits per heavy atom. The lowest BCUT2D eigenvalue weighted by Gasteiger charge is -2.69. The van der Waals surface area contributed by atoms with Gasteiger partial charge in [-0.05, 0) is 98.7 Å². The molecule has 0 aromatic carbocycles. The average molecular weight is 607 g/mol. The number of hydrogen-bond acceptors (Lipinski definition) is 0. The lowest BCUT2D eigenvalue weighted by atomic mass is 9.60. The summed E-state index contributed by atoms with van der Waals surface area (Å²) in [6.07, 6.45) is 17.8. The van der Waals surface area contributed by atoms with E-state index in [1.165, 1.54) is 77.0 Å². The largest absolute Gasteiger partial charge is 1.00 e. The predicted molar refractivity (Wildman–Crippen MR) is 181 cm³/mol. The maximum absolute atomic E-state index is 2.65. The minimum Gasteiger partial charge on any atom is -1.00 e. The van der Waals surface area contributed by atoms with Gasteiger partial charge in [0, 0.05) is 49.4 Å². The summed E-state index contributed by atoms with van der Waals surface area (Å²) in [7, 11) is 0. The number of rotatable bonds is 8. The first kappa shape index (κ1) is 36.7. The Hall–Kier alpha value is 0.250. The molecule has 1 nitrogen and oxygen atoms in total. The molecular formula is C40H76ClN. The zero-order chi connectivity index (χ0) is 30.2. The van der Waals surface area contributed by atoms with Crippen LogP contribution >= 0.6 is 0 Å². The van der Waals surface area contributed by atoms with Crippen molar-refractivity contribution in [1.29, 1.82) is 0 Å². The van der Waals surface area contributed by atoms with Crippen LogP contribution in [-0.4, -0.2) is 28.7 Å². The van der Waals surface area contributed by atoms with Gasteiger partial charge in [0.05, 0.1) is 24.2 Å². The van der Waals surface area contributed by atoms with Crippen molar-refractivity contribution in [3.63, 3.8) is 0 Å². The Balaban J connectivity index is 0.00000484. The summed E-state index contributed by atoms with van der Waals surface area (Å²) in [5.74, 6) is 10.4. The highest BCUT2D eigenvalue weighted by molar-refractivity contribution is 4.98. The van der Waals surface area contributed by atoms with Gasteiger partial charge in [0.25, 0.3) is 0 Å². The minimum atomic E-state index is 0. The summed E-state index contributed by atoms with van der Waals surface area (Å²) < 4.78 is 1.58. The molecule has 0 saturated heterocycles. The van der Waals surface area contributed by atoms with Crippen LogP contribution in [0.3, 0.4) is 0 Å². The van der Waals surface area contributed by atoms with Crippen LogP contribution in [0.5, 0.6) is 0 Å². The Morgan fingerprint density at radius 3 is 0.714 bits per heavy atom. The van der Waals surface area contributed by atoms with Crippen molar-refractivity contribution in [2.75, 3.05) is 0 Å². The maximum Gasteiger partial charge on any atom is 0.0930 e. The van der Waals surface area contributed by atoms with Gasteiger partial charge in [-0.2, -0.15) is 0 Å². The first-order valence-corrected chi connectivity index (χ1v) is 19.2. The molecule has 42 heavy (non-hydrogen) atoms. The molecule has 12 atom stereocenters. The summed E-state index contributed by atoms with van der Waals surface area (Å²) in [5.41, 5.74) is 0. The van der Waals surface area contributed by atoms with Crippen LogP contribution in [-0.2, 0) is 0 Å². The molecular weight excluding hydrogens is 530 g/mol. The highest BCUT2D eigenvalue weighted by Crippen LogP contribution is 2.57. The van der Waals surface area contributed by atoms with Crippen LogP contribution in [0.4, 0.5) is 0 Å². The molecule has 0 spiro atoms. The minimum absolute atomic E-state index is 0. The molecule has 4 aliphatic rings. The van der Waals surface area contributed by atoms with E-state index in [-0.39, 0.29) is 12.4 Å². The lowest BCUT2D eigenvalue weighted by Crippen LogP contribution is -3.00. The van der Waals surface area contributed by atoms with E-state index < -0.39 is 0 Å². The van der Waals surface area contributed by atoms with Gasteiger partial charge in [0.1, 0.15) is 0 Å². The van der Waals surface area contributed by atoms with E-state index in [2.05, 4.69) is 83.1 Å². The molecule has 4 rings (SSSR count). The number of halogens is 1. The second-order valence-corrected chi connectivity index (χ2v) is 18.5. The fourth-order valence-electron chi connectivity index (χ4n) is 12.1. The van der Waals surface area contributed by atoms with E-state index >= 15 is 0 Å². The first-order valence-electron chi connectivity index (χ1n) is 19.2. The van der Waals surface area contributed by atoms with Crippen molar-refractivity contribution in [2.45, 2.75) is 184 Å². The first-order chi connectivity index (χ1) is 19.3. The van der Waals surface area contributed by atoms with Crippen molar-refractivity contribution in [3.8, 4) is 0 Å². The summed E-state index contributed by atoms with van der Waals surface area (Å²) in [6, 6.07) is 3.46. The van der Waals surface area contributed by atoms with Gasteiger partial charge in [-0.25, -0.2) is 0 Å². The van der Waals surface area contributed by atoms with E-state index in [1.807, 2.05) is 0 Å². The Bertz CT molecular complexity index is 668. The zero-order valence-corrected chi connectivity index (χ0v) is 31.3. The molecule has 4 saturated carbocycles. The third kappa shape index (κ3) is 7.29. The Morgan fingerprint density at radius 1 is 0.357 bits per heavy atom. The summed E-state index contributed by atoms with van der Waals surface area (Å²) in [4.78, 5) is 0. The topological polar surface area (TPSA) is 0 Å². The molecule has 2 heteroatoms. The van der Waals surface area contributed by atoms with E-state index in [1.54, 1.807) is 4.48 Å². The van der Waals surface area contributed by atoms with Gasteiger partial charge in [-0.15, -0.1) is 0 Å². The molecule has 4 fully saturated rings. The van der Waals surface area contributed by atoms with Gasteiger partial charge < -0.3 is 16.9 Å². The van der Waals surface area contributed by atoms with Crippen molar-refractivity contribution in [1.82, 2.24) is 0 Å². The molecule has 0 radical (unpaired) electrons. The smallest absolute Gasteiger partial charge is 0.0930 e. The number of quaternary nitrogens is 1. The zero-order valence-electron chi connectivity index (χ0n) is 30.5. The molecule has 4 aliphatic carbocycles. The Labute approximate surface area is 271 Å². The fraction of sp³-hybridized carbons (Fsp3) is 1.00. The normalized spacial score (nSPS) is 43.4. The molecule has 0 aromatic heterocycles. The molecule has 12 unspecified atom stereocenters. The van der Waals surface area contributed by atoms with Crippen molar-refractivity contribution >= 4 is 0 Å². The SMILES string of the molecule is CC1CCC(C(C)C)C([N+](C2CC(C)CCC2C(C)C)(C2CC(C)CCC2C(C)C)C2CC(C)CCC2C(C)C)C1.[Cl-]. The number of nitrogens with zero attached hydrogens (tertiary/aromatic N) is 1. The van der Waals surface area contributed by atoms with Gasteiger partial charge in [0.15, 0.2) is 0 Å². The molecule has 248 valence electrons. The van der Waals surface area contributed by atoms with Crippen LogP contribution in [0.2, 0.25) is 0 Å².